The lowest BCUT2D eigenvalue weighted by atomic mass is 9.89. The number of benzene rings is 2. The van der Waals surface area contributed by atoms with Gasteiger partial charge in [0.25, 0.3) is 5.91 Å². The Kier molecular flexibility index (Phi) is 6.60. The number of aryl methyl sites for hydroxylation is 1. The van der Waals surface area contributed by atoms with Crippen molar-refractivity contribution in [2.24, 2.45) is 0 Å². The summed E-state index contributed by atoms with van der Waals surface area (Å²) in [6.45, 7) is 1.76. The van der Waals surface area contributed by atoms with Crippen molar-refractivity contribution in [2.45, 2.75) is 31.8 Å². The summed E-state index contributed by atoms with van der Waals surface area (Å²) in [6, 6.07) is 5.64. The Morgan fingerprint density at radius 1 is 1.16 bits per heavy atom. The number of ether oxygens (including phenoxy) is 1. The van der Waals surface area contributed by atoms with Crippen LogP contribution in [-0.4, -0.2) is 62.7 Å². The van der Waals surface area contributed by atoms with Crippen LogP contribution in [0.3, 0.4) is 0 Å². The van der Waals surface area contributed by atoms with Crippen LogP contribution in [0.4, 0.5) is 18.0 Å². The van der Waals surface area contributed by atoms with Crippen molar-refractivity contribution in [3.63, 3.8) is 0 Å². The average molecular weight is 527 g/mol. The first-order valence-electron chi connectivity index (χ1n) is 12.0. The first-order chi connectivity index (χ1) is 18.2. The van der Waals surface area contributed by atoms with Gasteiger partial charge in [-0.1, -0.05) is 6.07 Å². The lowest BCUT2D eigenvalue weighted by Gasteiger charge is -2.48. The summed E-state index contributed by atoms with van der Waals surface area (Å²) in [5.41, 5.74) is 2.79. The third-order valence-electron chi connectivity index (χ3n) is 7.01. The third-order valence-corrected chi connectivity index (χ3v) is 7.01. The van der Waals surface area contributed by atoms with E-state index in [9.17, 15) is 27.9 Å². The Bertz CT molecular complexity index is 1430. The number of piperidine rings is 1. The molecule has 8 nitrogen and oxygen atoms in total. The summed E-state index contributed by atoms with van der Waals surface area (Å²) in [4.78, 5) is 32.3. The maximum Gasteiger partial charge on any atom is 0.407 e. The molecule has 2 aromatic carbocycles. The Morgan fingerprint density at radius 2 is 1.89 bits per heavy atom. The molecule has 198 valence electrons. The number of carboxylic acid groups (broad SMARTS) is 1. The molecule has 1 N–H and O–H groups in total. The number of carbonyl (C=O) groups is 2. The molecule has 11 heteroatoms. The molecule has 0 spiro atoms. The van der Waals surface area contributed by atoms with Crippen LogP contribution >= 0.6 is 0 Å². The van der Waals surface area contributed by atoms with E-state index in [0.29, 0.717) is 29.7 Å². The number of fused-ring (bicyclic) bond motifs is 1. The molecule has 0 saturated carbocycles. The van der Waals surface area contributed by atoms with E-state index in [1.54, 1.807) is 25.6 Å². The maximum atomic E-state index is 14.1. The summed E-state index contributed by atoms with van der Waals surface area (Å²) in [5.74, 6) is -4.21. The van der Waals surface area contributed by atoms with Gasteiger partial charge in [0, 0.05) is 24.9 Å². The van der Waals surface area contributed by atoms with Gasteiger partial charge in [-0.3, -0.25) is 4.79 Å². The molecule has 1 aromatic heterocycles. The minimum atomic E-state index is -1.62. The topological polar surface area (TPSA) is 87.9 Å². The van der Waals surface area contributed by atoms with E-state index in [4.69, 9.17) is 4.74 Å². The minimum absolute atomic E-state index is 0.00593. The number of hydrogen-bond acceptors (Lipinski definition) is 4. The largest absolute Gasteiger partial charge is 0.495 e. The lowest BCUT2D eigenvalue weighted by Crippen LogP contribution is -2.59. The van der Waals surface area contributed by atoms with Gasteiger partial charge in [-0.15, -0.1) is 0 Å². The highest BCUT2D eigenvalue weighted by molar-refractivity contribution is 5.99. The van der Waals surface area contributed by atoms with Gasteiger partial charge in [0.2, 0.25) is 0 Å². The van der Waals surface area contributed by atoms with Gasteiger partial charge in [0.05, 0.1) is 36.9 Å². The molecule has 0 bridgehead atoms. The zero-order valence-corrected chi connectivity index (χ0v) is 20.7. The molecular formula is C27H25F3N4O4. The number of hydrogen-bond donors (Lipinski definition) is 1. The summed E-state index contributed by atoms with van der Waals surface area (Å²) in [5, 5.41) is 9.60. The van der Waals surface area contributed by atoms with Crippen LogP contribution < -0.4 is 4.74 Å². The SMILES string of the molecule is COc1cc(/C=C2\CC[C@H]3CN(C(=O)O)C[C@H](c4cc(F)c(F)c(F)c4)N3C2=O)ccc1-n1cnc(C)c1. The molecule has 3 aromatic rings. The van der Waals surface area contributed by atoms with Crippen LogP contribution in [0.25, 0.3) is 11.8 Å². The monoisotopic (exact) mass is 526 g/mol. The molecule has 0 aliphatic carbocycles. The zero-order valence-electron chi connectivity index (χ0n) is 20.7. The maximum absolute atomic E-state index is 14.1. The van der Waals surface area contributed by atoms with E-state index in [1.807, 2.05) is 29.8 Å². The van der Waals surface area contributed by atoms with Crippen molar-refractivity contribution in [3.8, 4) is 11.4 Å². The number of imidazole rings is 1. The second-order valence-corrected chi connectivity index (χ2v) is 9.43. The number of aromatic nitrogens is 2. The van der Waals surface area contributed by atoms with E-state index in [1.165, 1.54) is 4.90 Å². The third kappa shape index (κ3) is 4.59. The Labute approximate surface area is 216 Å². The zero-order chi connectivity index (χ0) is 27.1. The molecule has 0 unspecified atom stereocenters. The van der Waals surface area contributed by atoms with Crippen LogP contribution in [0, 0.1) is 24.4 Å². The highest BCUT2D eigenvalue weighted by atomic mass is 19.2. The van der Waals surface area contributed by atoms with E-state index < -0.39 is 35.6 Å². The second kappa shape index (κ2) is 9.88. The average Bonchev–Trinajstić information content (AvgIpc) is 3.33. The van der Waals surface area contributed by atoms with Crippen molar-refractivity contribution in [1.29, 1.82) is 0 Å². The summed E-state index contributed by atoms with van der Waals surface area (Å²) >= 11 is 0. The van der Waals surface area contributed by atoms with E-state index >= 15 is 0 Å². The van der Waals surface area contributed by atoms with Crippen LogP contribution in [0.2, 0.25) is 0 Å². The molecule has 38 heavy (non-hydrogen) atoms. The van der Waals surface area contributed by atoms with Gasteiger partial charge in [-0.05, 0) is 61.2 Å². The number of nitrogens with zero attached hydrogens (tertiary/aromatic N) is 4. The number of rotatable bonds is 4. The smallest absolute Gasteiger partial charge is 0.407 e. The van der Waals surface area contributed by atoms with Crippen molar-refractivity contribution < 1.29 is 32.6 Å². The molecule has 2 fully saturated rings. The highest BCUT2D eigenvalue weighted by Gasteiger charge is 2.43. The molecule has 2 atom stereocenters. The van der Waals surface area contributed by atoms with Gasteiger partial charge in [0.1, 0.15) is 5.75 Å². The molecule has 2 aliphatic heterocycles. The first kappa shape index (κ1) is 25.4. The van der Waals surface area contributed by atoms with Gasteiger partial charge >= 0.3 is 6.09 Å². The number of amides is 2. The normalized spacial score (nSPS) is 20.6. The van der Waals surface area contributed by atoms with Gasteiger partial charge in [0.15, 0.2) is 17.5 Å². The first-order valence-corrected chi connectivity index (χ1v) is 12.0. The van der Waals surface area contributed by atoms with Crippen LogP contribution in [-0.2, 0) is 4.79 Å². The van der Waals surface area contributed by atoms with Gasteiger partial charge in [-0.2, -0.15) is 0 Å². The van der Waals surface area contributed by atoms with E-state index in [0.717, 1.165) is 28.4 Å². The quantitative estimate of drug-likeness (QED) is 0.393. The molecular weight excluding hydrogens is 501 g/mol. The Balaban J connectivity index is 1.49. The molecule has 5 rings (SSSR count). The minimum Gasteiger partial charge on any atom is -0.495 e. The fraction of sp³-hybridized carbons (Fsp3) is 0.296. The predicted octanol–water partition coefficient (Wildman–Crippen LogP) is 4.72. The molecule has 2 amide bonds. The molecule has 2 saturated heterocycles. The molecule has 2 aliphatic rings. The Morgan fingerprint density at radius 3 is 2.53 bits per heavy atom. The molecule has 0 radical (unpaired) electrons. The van der Waals surface area contributed by atoms with E-state index in [2.05, 4.69) is 4.98 Å². The van der Waals surface area contributed by atoms with Crippen molar-refractivity contribution in [3.05, 3.63) is 82.7 Å². The van der Waals surface area contributed by atoms with Crippen molar-refractivity contribution >= 4 is 18.1 Å². The second-order valence-electron chi connectivity index (χ2n) is 9.43. The molecule has 3 heterocycles. The van der Waals surface area contributed by atoms with Gasteiger partial charge in [-0.25, -0.2) is 22.9 Å². The van der Waals surface area contributed by atoms with Crippen LogP contribution in [0.15, 0.2) is 48.4 Å². The summed E-state index contributed by atoms with van der Waals surface area (Å²) in [7, 11) is 1.55. The van der Waals surface area contributed by atoms with Crippen molar-refractivity contribution in [2.75, 3.05) is 20.2 Å². The Hall–Kier alpha value is -4.28. The number of methoxy groups -OCH3 is 1. The summed E-state index contributed by atoms with van der Waals surface area (Å²) in [6.07, 6.45) is 4.90. The van der Waals surface area contributed by atoms with E-state index in [-0.39, 0.29) is 24.6 Å². The lowest BCUT2D eigenvalue weighted by molar-refractivity contribution is -0.138. The van der Waals surface area contributed by atoms with Crippen molar-refractivity contribution in [1.82, 2.24) is 19.4 Å². The van der Waals surface area contributed by atoms with Crippen LogP contribution in [0.5, 0.6) is 5.75 Å². The fourth-order valence-electron chi connectivity index (χ4n) is 5.18. The number of carbonyl (C=O) groups excluding carboxylic acids is 1. The van der Waals surface area contributed by atoms with Gasteiger partial charge < -0.3 is 24.2 Å². The fourth-order valence-corrected chi connectivity index (χ4v) is 5.18. The highest BCUT2D eigenvalue weighted by Crippen LogP contribution is 2.38. The standard InChI is InChI=1S/C27H25F3N4O4/c1-15-11-33(14-31-15)22-6-3-16(8-24(22)38-2)7-17-4-5-19-12-32(27(36)37)13-23(34(19)26(17)35)18-9-20(28)25(30)21(29)10-18/h3,6-11,14,19,23H,4-5,12-13H2,1-2H3,(H,36,37)/b17-7+/t19-,23+/m0/s1. The predicted molar refractivity (Wildman–Crippen MR) is 131 cm³/mol. The number of halogens is 3. The number of piperazine rings is 1. The summed E-state index contributed by atoms with van der Waals surface area (Å²) < 4.78 is 49.2. The van der Waals surface area contributed by atoms with Crippen LogP contribution in [0.1, 0.15) is 35.7 Å².